The number of carbonyl (C=O) groups is 1. The summed E-state index contributed by atoms with van der Waals surface area (Å²) in [5, 5.41) is 15.4. The number of halogens is 1. The van der Waals surface area contributed by atoms with E-state index in [2.05, 4.69) is 5.32 Å². The van der Waals surface area contributed by atoms with Gasteiger partial charge in [0.05, 0.1) is 5.60 Å². The molecule has 2 aliphatic rings. The predicted molar refractivity (Wildman–Crippen MR) is 143 cm³/mol. The van der Waals surface area contributed by atoms with E-state index in [0.717, 1.165) is 56.7 Å². The van der Waals surface area contributed by atoms with E-state index >= 15 is 0 Å². The second-order valence-electron chi connectivity index (χ2n) is 11.4. The molecule has 0 unspecified atom stereocenters. The highest BCUT2D eigenvalue weighted by atomic mass is 19.1. The first-order valence-corrected chi connectivity index (χ1v) is 14.3. The summed E-state index contributed by atoms with van der Waals surface area (Å²) in [6.45, 7) is 4.72. The standard InChI is InChI=1S/C30H49FN2O3/c1-23-13-14-27(31)20-28(23)30(35,15-7-8-17-36-3)26-12-9-16-33(22-26)29(34)19-25(21-32-2)18-24-10-5-4-6-11-24/h13-14,20,24-26,32,35H,4-12,15-19,21-22H2,1-3H3/t25-,26-,30+/m1/s1. The first kappa shape index (κ1) is 29.1. The number of nitrogens with zero attached hydrogens (tertiary/aromatic N) is 1. The topological polar surface area (TPSA) is 61.8 Å². The SMILES string of the molecule is CNC[C@@H](CC(=O)N1CCC[C@@H]([C@@](O)(CCCCOC)c2cc(F)ccc2C)C1)CC1CCCCC1. The smallest absolute Gasteiger partial charge is 0.222 e. The summed E-state index contributed by atoms with van der Waals surface area (Å²) in [4.78, 5) is 15.5. The molecule has 2 N–H and O–H groups in total. The number of aryl methyl sites for hydroxylation is 1. The molecule has 6 heteroatoms. The first-order valence-electron chi connectivity index (χ1n) is 14.3. The predicted octanol–water partition coefficient (Wildman–Crippen LogP) is 5.57. The number of ether oxygens (including phenoxy) is 1. The summed E-state index contributed by atoms with van der Waals surface area (Å²) in [5.74, 6) is 0.858. The van der Waals surface area contributed by atoms with Crippen LogP contribution in [-0.2, 0) is 15.1 Å². The van der Waals surface area contributed by atoms with Gasteiger partial charge in [0.25, 0.3) is 0 Å². The van der Waals surface area contributed by atoms with Crippen molar-refractivity contribution in [1.82, 2.24) is 10.2 Å². The molecule has 1 aromatic rings. The Hall–Kier alpha value is -1.50. The lowest BCUT2D eigenvalue weighted by atomic mass is 9.72. The summed E-state index contributed by atoms with van der Waals surface area (Å²) in [6.07, 6.45) is 12.1. The highest BCUT2D eigenvalue weighted by molar-refractivity contribution is 5.76. The van der Waals surface area contributed by atoms with Crippen molar-refractivity contribution in [3.63, 3.8) is 0 Å². The van der Waals surface area contributed by atoms with Gasteiger partial charge in [-0.1, -0.05) is 38.2 Å². The fourth-order valence-corrected chi connectivity index (χ4v) is 6.65. The quantitative estimate of drug-likeness (QED) is 0.345. The van der Waals surface area contributed by atoms with Crippen molar-refractivity contribution in [2.45, 2.75) is 89.6 Å². The Morgan fingerprint density at radius 1 is 1.22 bits per heavy atom. The van der Waals surface area contributed by atoms with Gasteiger partial charge in [0.15, 0.2) is 0 Å². The number of piperidine rings is 1. The molecule has 1 saturated heterocycles. The number of hydrogen-bond donors (Lipinski definition) is 2. The van der Waals surface area contributed by atoms with Crippen LogP contribution in [0, 0.1) is 30.5 Å². The normalized spacial score (nSPS) is 21.8. The molecular weight excluding hydrogens is 455 g/mol. The van der Waals surface area contributed by atoms with Crippen LogP contribution >= 0.6 is 0 Å². The van der Waals surface area contributed by atoms with Crippen LogP contribution in [0.5, 0.6) is 0 Å². The van der Waals surface area contributed by atoms with Crippen molar-refractivity contribution in [3.05, 3.63) is 35.1 Å². The maximum absolute atomic E-state index is 14.3. The summed E-state index contributed by atoms with van der Waals surface area (Å²) in [7, 11) is 3.66. The van der Waals surface area contributed by atoms with Crippen LogP contribution in [0.3, 0.4) is 0 Å². The van der Waals surface area contributed by atoms with Gasteiger partial charge in [-0.25, -0.2) is 4.39 Å². The third kappa shape index (κ3) is 8.00. The fraction of sp³-hybridized carbons (Fsp3) is 0.767. The van der Waals surface area contributed by atoms with E-state index in [0.29, 0.717) is 37.5 Å². The molecule has 3 rings (SSSR count). The molecule has 1 amide bonds. The van der Waals surface area contributed by atoms with Crippen LogP contribution in [0.4, 0.5) is 4.39 Å². The Kier molecular flexibility index (Phi) is 11.7. The number of benzene rings is 1. The lowest BCUT2D eigenvalue weighted by molar-refractivity contribution is -0.138. The number of nitrogens with one attached hydrogen (secondary N) is 1. The molecule has 1 aromatic carbocycles. The van der Waals surface area contributed by atoms with Gasteiger partial charge in [-0.15, -0.1) is 0 Å². The number of carbonyl (C=O) groups excluding carboxylic acids is 1. The molecule has 1 saturated carbocycles. The second kappa shape index (κ2) is 14.4. The van der Waals surface area contributed by atoms with Gasteiger partial charge in [-0.2, -0.15) is 0 Å². The van der Waals surface area contributed by atoms with Gasteiger partial charge in [-0.3, -0.25) is 4.79 Å². The van der Waals surface area contributed by atoms with Crippen LogP contribution in [-0.4, -0.2) is 56.3 Å². The highest BCUT2D eigenvalue weighted by Gasteiger charge is 2.42. The lowest BCUT2D eigenvalue weighted by Crippen LogP contribution is -2.49. The first-order chi connectivity index (χ1) is 17.4. The van der Waals surface area contributed by atoms with E-state index in [1.807, 2.05) is 18.9 Å². The van der Waals surface area contributed by atoms with Crippen molar-refractivity contribution in [3.8, 4) is 0 Å². The van der Waals surface area contributed by atoms with E-state index in [4.69, 9.17) is 4.74 Å². The van der Waals surface area contributed by atoms with Crippen LogP contribution in [0.2, 0.25) is 0 Å². The number of rotatable bonds is 13. The van der Waals surface area contributed by atoms with E-state index in [1.165, 1.54) is 44.2 Å². The van der Waals surface area contributed by atoms with Crippen molar-refractivity contribution < 1.29 is 19.0 Å². The minimum absolute atomic E-state index is 0.112. The zero-order valence-corrected chi connectivity index (χ0v) is 22.9. The van der Waals surface area contributed by atoms with Crippen molar-refractivity contribution in [1.29, 1.82) is 0 Å². The van der Waals surface area contributed by atoms with Gasteiger partial charge in [0.2, 0.25) is 5.91 Å². The van der Waals surface area contributed by atoms with E-state index in [1.54, 1.807) is 13.2 Å². The van der Waals surface area contributed by atoms with Crippen LogP contribution in [0.15, 0.2) is 18.2 Å². The minimum Gasteiger partial charge on any atom is -0.385 e. The molecule has 1 aliphatic heterocycles. The molecule has 0 radical (unpaired) electrons. The van der Waals surface area contributed by atoms with Crippen LogP contribution in [0.25, 0.3) is 0 Å². The lowest BCUT2D eigenvalue weighted by Gasteiger charge is -2.44. The number of aliphatic hydroxyl groups is 1. The number of methoxy groups -OCH3 is 1. The van der Waals surface area contributed by atoms with Gasteiger partial charge in [0.1, 0.15) is 5.82 Å². The molecule has 0 aromatic heterocycles. The van der Waals surface area contributed by atoms with Gasteiger partial charge in [0, 0.05) is 39.1 Å². The number of likely N-dealkylation sites (tertiary alicyclic amines) is 1. The molecule has 1 heterocycles. The fourth-order valence-electron chi connectivity index (χ4n) is 6.65. The number of unbranched alkanes of at least 4 members (excludes halogenated alkanes) is 1. The third-order valence-electron chi connectivity index (χ3n) is 8.62. The molecule has 2 fully saturated rings. The summed E-state index contributed by atoms with van der Waals surface area (Å²) in [5.41, 5.74) is 0.408. The van der Waals surface area contributed by atoms with Gasteiger partial charge >= 0.3 is 0 Å². The molecule has 0 bridgehead atoms. The Bertz CT molecular complexity index is 813. The summed E-state index contributed by atoms with van der Waals surface area (Å²) >= 11 is 0. The summed E-state index contributed by atoms with van der Waals surface area (Å²) < 4.78 is 19.5. The maximum Gasteiger partial charge on any atom is 0.222 e. The highest BCUT2D eigenvalue weighted by Crippen LogP contribution is 2.41. The maximum atomic E-state index is 14.3. The van der Waals surface area contributed by atoms with Crippen LogP contribution < -0.4 is 5.32 Å². The molecule has 36 heavy (non-hydrogen) atoms. The van der Waals surface area contributed by atoms with Crippen molar-refractivity contribution in [2.75, 3.05) is 40.4 Å². The zero-order valence-electron chi connectivity index (χ0n) is 22.9. The monoisotopic (exact) mass is 504 g/mol. The average molecular weight is 505 g/mol. The Balaban J connectivity index is 1.72. The number of amides is 1. The van der Waals surface area contributed by atoms with Gasteiger partial charge in [-0.05, 0) is 94.1 Å². The molecular formula is C30H49FN2O3. The minimum atomic E-state index is -1.16. The van der Waals surface area contributed by atoms with Gasteiger partial charge < -0.3 is 20.1 Å². The van der Waals surface area contributed by atoms with Crippen LogP contribution in [0.1, 0.15) is 88.2 Å². The largest absolute Gasteiger partial charge is 0.385 e. The van der Waals surface area contributed by atoms with E-state index < -0.39 is 5.60 Å². The Morgan fingerprint density at radius 3 is 2.72 bits per heavy atom. The van der Waals surface area contributed by atoms with E-state index in [-0.39, 0.29) is 17.6 Å². The van der Waals surface area contributed by atoms with E-state index in [9.17, 15) is 14.3 Å². The Morgan fingerprint density at radius 2 is 2.00 bits per heavy atom. The molecule has 204 valence electrons. The average Bonchev–Trinajstić information content (AvgIpc) is 2.88. The van der Waals surface area contributed by atoms with Crippen molar-refractivity contribution >= 4 is 5.91 Å². The Labute approximate surface area is 218 Å². The second-order valence-corrected chi connectivity index (χ2v) is 11.4. The molecule has 0 spiro atoms. The molecule has 5 nitrogen and oxygen atoms in total. The zero-order chi connectivity index (χ0) is 26.0. The molecule has 1 aliphatic carbocycles. The van der Waals surface area contributed by atoms with Crippen molar-refractivity contribution in [2.24, 2.45) is 17.8 Å². The summed E-state index contributed by atoms with van der Waals surface area (Å²) in [6, 6.07) is 4.71. The molecule has 3 atom stereocenters. The number of hydrogen-bond acceptors (Lipinski definition) is 4. The third-order valence-corrected chi connectivity index (χ3v) is 8.62.